The minimum atomic E-state index is -0.487. The van der Waals surface area contributed by atoms with Crippen LogP contribution >= 0.6 is 11.6 Å². The highest BCUT2D eigenvalue weighted by Gasteiger charge is 2.23. The van der Waals surface area contributed by atoms with Gasteiger partial charge in [0.15, 0.2) is 0 Å². The maximum Gasteiger partial charge on any atom is 0.312 e. The molecule has 0 aliphatic rings. The molecule has 3 aromatic rings. The van der Waals surface area contributed by atoms with E-state index in [1.165, 1.54) is 4.68 Å². The molecular formula is C19H21ClN6O3. The second kappa shape index (κ2) is 8.04. The minimum Gasteiger partial charge on any atom is -0.321 e. The number of nitrogens with zero attached hydrogens (tertiary/aromatic N) is 5. The van der Waals surface area contributed by atoms with Crippen LogP contribution in [-0.2, 0) is 17.9 Å². The Morgan fingerprint density at radius 3 is 2.38 bits per heavy atom. The zero-order valence-corrected chi connectivity index (χ0v) is 17.3. The van der Waals surface area contributed by atoms with Crippen LogP contribution < -0.4 is 5.32 Å². The van der Waals surface area contributed by atoms with E-state index in [0.717, 1.165) is 11.3 Å². The highest BCUT2D eigenvalue weighted by Crippen LogP contribution is 2.24. The first kappa shape index (κ1) is 20.5. The summed E-state index contributed by atoms with van der Waals surface area (Å²) in [6, 6.07) is 7.51. The second-order valence-corrected chi connectivity index (χ2v) is 7.18. The fraction of sp³-hybridized carbons (Fsp3) is 0.316. The lowest BCUT2D eigenvalue weighted by Gasteiger charge is -2.09. The van der Waals surface area contributed by atoms with Crippen molar-refractivity contribution in [2.24, 2.45) is 0 Å². The summed E-state index contributed by atoms with van der Waals surface area (Å²) < 4.78 is 3.11. The molecule has 10 heteroatoms. The summed E-state index contributed by atoms with van der Waals surface area (Å²) >= 11 is 6.23. The van der Waals surface area contributed by atoms with Gasteiger partial charge in [-0.25, -0.2) is 0 Å². The van der Waals surface area contributed by atoms with Crippen molar-refractivity contribution in [2.75, 3.05) is 5.32 Å². The third-order valence-electron chi connectivity index (χ3n) is 4.74. The zero-order valence-electron chi connectivity index (χ0n) is 16.6. The SMILES string of the molecule is Cc1nn(Cc2ccccc2Cl)c(C)c1NC(=O)Cn1nc(C)c([N+](=O)[O-])c1C. The lowest BCUT2D eigenvalue weighted by molar-refractivity contribution is -0.386. The second-order valence-electron chi connectivity index (χ2n) is 6.78. The monoisotopic (exact) mass is 416 g/mol. The van der Waals surface area contributed by atoms with Crippen LogP contribution in [0.15, 0.2) is 24.3 Å². The molecule has 0 radical (unpaired) electrons. The molecule has 9 nitrogen and oxygen atoms in total. The van der Waals surface area contributed by atoms with Gasteiger partial charge in [-0.15, -0.1) is 0 Å². The van der Waals surface area contributed by atoms with Crippen molar-refractivity contribution >= 4 is 28.9 Å². The Labute approximate surface area is 172 Å². The van der Waals surface area contributed by atoms with Crippen LogP contribution in [0.3, 0.4) is 0 Å². The van der Waals surface area contributed by atoms with Gasteiger partial charge in [-0.05, 0) is 39.3 Å². The number of amides is 1. The molecule has 1 amide bonds. The van der Waals surface area contributed by atoms with Gasteiger partial charge >= 0.3 is 5.69 Å². The number of hydrogen-bond acceptors (Lipinski definition) is 5. The van der Waals surface area contributed by atoms with E-state index in [0.29, 0.717) is 28.6 Å². The van der Waals surface area contributed by atoms with Crippen LogP contribution in [0.4, 0.5) is 11.4 Å². The number of anilines is 1. The molecule has 2 heterocycles. The van der Waals surface area contributed by atoms with Gasteiger partial charge in [0, 0.05) is 5.02 Å². The fourth-order valence-electron chi connectivity index (χ4n) is 3.24. The summed E-state index contributed by atoms with van der Waals surface area (Å²) in [6.45, 7) is 7.14. The van der Waals surface area contributed by atoms with Crippen LogP contribution in [0.25, 0.3) is 0 Å². The Bertz CT molecular complexity index is 1100. The first-order valence-electron chi connectivity index (χ1n) is 8.94. The van der Waals surface area contributed by atoms with E-state index in [9.17, 15) is 14.9 Å². The Balaban J connectivity index is 1.78. The zero-order chi connectivity index (χ0) is 21.3. The fourth-order valence-corrected chi connectivity index (χ4v) is 3.44. The molecule has 152 valence electrons. The summed E-state index contributed by atoms with van der Waals surface area (Å²) in [4.78, 5) is 23.2. The highest BCUT2D eigenvalue weighted by molar-refractivity contribution is 6.31. The van der Waals surface area contributed by atoms with Crippen molar-refractivity contribution in [1.82, 2.24) is 19.6 Å². The topological polar surface area (TPSA) is 108 Å². The highest BCUT2D eigenvalue weighted by atomic mass is 35.5. The smallest absolute Gasteiger partial charge is 0.312 e. The maximum atomic E-state index is 12.6. The Kier molecular flexibility index (Phi) is 5.69. The summed E-state index contributed by atoms with van der Waals surface area (Å²) in [5, 5.41) is 23.2. The van der Waals surface area contributed by atoms with E-state index in [2.05, 4.69) is 15.5 Å². The molecule has 0 fully saturated rings. The number of rotatable bonds is 6. The summed E-state index contributed by atoms with van der Waals surface area (Å²) in [7, 11) is 0. The van der Waals surface area contributed by atoms with Gasteiger partial charge in [0.1, 0.15) is 17.9 Å². The van der Waals surface area contributed by atoms with E-state index in [-0.39, 0.29) is 23.8 Å². The van der Waals surface area contributed by atoms with Crippen molar-refractivity contribution in [3.05, 3.63) is 67.7 Å². The number of nitro groups is 1. The van der Waals surface area contributed by atoms with Crippen LogP contribution in [0, 0.1) is 37.8 Å². The van der Waals surface area contributed by atoms with Gasteiger partial charge in [-0.2, -0.15) is 10.2 Å². The van der Waals surface area contributed by atoms with Crippen molar-refractivity contribution in [3.8, 4) is 0 Å². The molecule has 29 heavy (non-hydrogen) atoms. The molecule has 0 atom stereocenters. The van der Waals surface area contributed by atoms with Crippen molar-refractivity contribution in [1.29, 1.82) is 0 Å². The maximum absolute atomic E-state index is 12.6. The quantitative estimate of drug-likeness (QED) is 0.488. The average Bonchev–Trinajstić information content (AvgIpc) is 3.06. The number of nitrogens with one attached hydrogen (secondary N) is 1. The summed E-state index contributed by atoms with van der Waals surface area (Å²) in [5.41, 5.74) is 3.53. The van der Waals surface area contributed by atoms with Crippen molar-refractivity contribution < 1.29 is 9.72 Å². The van der Waals surface area contributed by atoms with Gasteiger partial charge < -0.3 is 5.32 Å². The molecule has 0 saturated heterocycles. The molecule has 1 N–H and O–H groups in total. The Morgan fingerprint density at radius 2 is 1.76 bits per heavy atom. The van der Waals surface area contributed by atoms with Gasteiger partial charge in [-0.3, -0.25) is 24.3 Å². The molecular weight excluding hydrogens is 396 g/mol. The van der Waals surface area contributed by atoms with Crippen LogP contribution in [0.5, 0.6) is 0 Å². The molecule has 0 spiro atoms. The molecule has 0 bridgehead atoms. The predicted molar refractivity (Wildman–Crippen MR) is 109 cm³/mol. The van der Waals surface area contributed by atoms with Crippen molar-refractivity contribution in [3.63, 3.8) is 0 Å². The largest absolute Gasteiger partial charge is 0.321 e. The van der Waals surface area contributed by atoms with Gasteiger partial charge in [0.05, 0.1) is 28.5 Å². The van der Waals surface area contributed by atoms with Crippen LogP contribution in [-0.4, -0.2) is 30.4 Å². The molecule has 0 aliphatic heterocycles. The average molecular weight is 417 g/mol. The van der Waals surface area contributed by atoms with E-state index < -0.39 is 4.92 Å². The molecule has 1 aromatic carbocycles. The first-order chi connectivity index (χ1) is 13.7. The van der Waals surface area contributed by atoms with Crippen LogP contribution in [0.2, 0.25) is 5.02 Å². The molecule has 2 aromatic heterocycles. The van der Waals surface area contributed by atoms with Crippen molar-refractivity contribution in [2.45, 2.75) is 40.8 Å². The summed E-state index contributed by atoms with van der Waals surface area (Å²) in [6.07, 6.45) is 0. The van der Waals surface area contributed by atoms with E-state index >= 15 is 0 Å². The standard InChI is InChI=1S/C19H21ClN6O3/c1-11-18(13(3)24(22-11)9-15-7-5-6-8-16(15)20)21-17(27)10-25-14(4)19(26(28)29)12(2)23-25/h5-8H,9-10H2,1-4H3,(H,21,27). The number of aromatic nitrogens is 4. The predicted octanol–water partition coefficient (Wildman–Crippen LogP) is 3.56. The molecule has 0 saturated carbocycles. The number of aryl methyl sites for hydroxylation is 2. The van der Waals surface area contributed by atoms with E-state index in [4.69, 9.17) is 11.6 Å². The number of benzene rings is 1. The van der Waals surface area contributed by atoms with E-state index in [1.807, 2.05) is 31.2 Å². The molecule has 0 aliphatic carbocycles. The lowest BCUT2D eigenvalue weighted by Crippen LogP contribution is -2.21. The van der Waals surface area contributed by atoms with Crippen LogP contribution in [0.1, 0.15) is 28.3 Å². The number of halogens is 1. The Hall–Kier alpha value is -3.20. The first-order valence-corrected chi connectivity index (χ1v) is 9.32. The van der Waals surface area contributed by atoms with Gasteiger partial charge in [0.2, 0.25) is 5.91 Å². The third kappa shape index (κ3) is 4.14. The number of carbonyl (C=O) groups excluding carboxylic acids is 1. The Morgan fingerprint density at radius 1 is 1.10 bits per heavy atom. The lowest BCUT2D eigenvalue weighted by atomic mass is 10.2. The minimum absolute atomic E-state index is 0.0716. The molecule has 0 unspecified atom stereocenters. The normalized spacial score (nSPS) is 10.9. The summed E-state index contributed by atoms with van der Waals surface area (Å²) in [5.74, 6) is -0.339. The third-order valence-corrected chi connectivity index (χ3v) is 5.11. The van der Waals surface area contributed by atoms with Gasteiger partial charge in [-0.1, -0.05) is 29.8 Å². The van der Waals surface area contributed by atoms with E-state index in [1.54, 1.807) is 25.5 Å². The number of hydrogen-bond donors (Lipinski definition) is 1. The molecule has 3 rings (SSSR count). The number of carbonyl (C=O) groups is 1. The van der Waals surface area contributed by atoms with Gasteiger partial charge in [0.25, 0.3) is 0 Å².